The number of nitrogens with one attached hydrogen (secondary N) is 1. The van der Waals surface area contributed by atoms with Crippen LogP contribution in [-0.4, -0.2) is 54.1 Å². The van der Waals surface area contributed by atoms with Crippen LogP contribution < -0.4 is 11.1 Å². The van der Waals surface area contributed by atoms with Gasteiger partial charge in [0.05, 0.1) is 33.1 Å². The van der Waals surface area contributed by atoms with Gasteiger partial charge in [0.2, 0.25) is 0 Å². The summed E-state index contributed by atoms with van der Waals surface area (Å²) in [5, 5.41) is 1.95. The van der Waals surface area contributed by atoms with Gasteiger partial charge in [-0.25, -0.2) is 0 Å². The zero-order chi connectivity index (χ0) is 24.3. The summed E-state index contributed by atoms with van der Waals surface area (Å²) in [6.45, 7) is 0. The van der Waals surface area contributed by atoms with Gasteiger partial charge in [-0.15, -0.1) is 0 Å². The fraction of sp³-hybridized carbons (Fsp3) is 0.0476. The minimum atomic E-state index is -4.97. The summed E-state index contributed by atoms with van der Waals surface area (Å²) in [4.78, 5) is 25.4. The number of carbonyl (C=O) groups excluding carboxylic acids is 2. The van der Waals surface area contributed by atoms with E-state index in [0.29, 0.717) is 6.07 Å². The summed E-state index contributed by atoms with van der Waals surface area (Å²) in [7, 11) is -4.97. The molecule has 0 spiro atoms. The van der Waals surface area contributed by atoms with Crippen molar-refractivity contribution in [2.75, 3.05) is 11.1 Å². The standard InChI is InChI=1S/C21H12ClF3N2O5S.Na.H/c22-13-6-5-9(7-12(13)21(23,24)25)27-14-8-15(33(30,31)32)18(26)17-16(14)19(28)10-3-1-2-4-11(10)20(17)29;;/h1-8,27H,26H2,(H,30,31,32);;. The Morgan fingerprint density at radius 3 is 2.03 bits per heavy atom. The molecule has 13 heteroatoms. The fourth-order valence-electron chi connectivity index (χ4n) is 3.58. The third-order valence-corrected chi connectivity index (χ3v) is 6.25. The van der Waals surface area contributed by atoms with Crippen LogP contribution in [-0.2, 0) is 16.3 Å². The van der Waals surface area contributed by atoms with Gasteiger partial charge in [0, 0.05) is 16.8 Å². The topological polar surface area (TPSA) is 127 Å². The van der Waals surface area contributed by atoms with E-state index < -0.39 is 54.6 Å². The summed E-state index contributed by atoms with van der Waals surface area (Å²) in [5.74, 6) is -1.49. The normalized spacial score (nSPS) is 13.1. The molecular formula is C21H13ClF3N2NaO5S. The van der Waals surface area contributed by atoms with Crippen molar-refractivity contribution in [3.8, 4) is 0 Å². The van der Waals surface area contributed by atoms with Crippen LogP contribution in [0.4, 0.5) is 30.2 Å². The van der Waals surface area contributed by atoms with Crippen LogP contribution in [0.3, 0.4) is 0 Å². The van der Waals surface area contributed by atoms with E-state index in [1.807, 2.05) is 0 Å². The first-order valence-electron chi connectivity index (χ1n) is 9.07. The van der Waals surface area contributed by atoms with Gasteiger partial charge in [-0.1, -0.05) is 35.9 Å². The van der Waals surface area contributed by atoms with Crippen LogP contribution in [0.1, 0.15) is 37.4 Å². The third kappa shape index (κ3) is 4.47. The van der Waals surface area contributed by atoms with E-state index in [0.717, 1.165) is 18.2 Å². The Labute approximate surface area is 218 Å². The molecule has 0 aliphatic heterocycles. The molecule has 0 heterocycles. The molecule has 0 aromatic heterocycles. The number of anilines is 3. The van der Waals surface area contributed by atoms with Gasteiger partial charge in [0.15, 0.2) is 11.6 Å². The zero-order valence-electron chi connectivity index (χ0n) is 16.2. The number of rotatable bonds is 3. The molecule has 4 rings (SSSR count). The second kappa shape index (κ2) is 8.99. The number of ketones is 2. The molecule has 0 fully saturated rings. The first kappa shape index (κ1) is 26.2. The molecule has 7 nitrogen and oxygen atoms in total. The maximum atomic E-state index is 13.3. The van der Waals surface area contributed by atoms with Gasteiger partial charge in [-0.3, -0.25) is 14.1 Å². The van der Waals surface area contributed by atoms with Crippen molar-refractivity contribution < 1.29 is 35.7 Å². The summed E-state index contributed by atoms with van der Waals surface area (Å²) in [5.41, 5.74) is 2.62. The molecule has 0 unspecified atom stereocenters. The van der Waals surface area contributed by atoms with Crippen molar-refractivity contribution in [2.24, 2.45) is 0 Å². The summed E-state index contributed by atoms with van der Waals surface area (Å²) < 4.78 is 73.1. The molecule has 3 aromatic rings. The van der Waals surface area contributed by atoms with Gasteiger partial charge >= 0.3 is 35.7 Å². The Bertz CT molecular complexity index is 1480. The van der Waals surface area contributed by atoms with Crippen molar-refractivity contribution in [1.29, 1.82) is 0 Å². The second-order valence-corrected chi connectivity index (χ2v) is 8.88. The van der Waals surface area contributed by atoms with E-state index in [-0.39, 0.29) is 57.6 Å². The fourth-order valence-corrected chi connectivity index (χ4v) is 4.45. The Balaban J connectivity index is 0.00000324. The zero-order valence-corrected chi connectivity index (χ0v) is 17.8. The van der Waals surface area contributed by atoms with Crippen LogP contribution in [0.25, 0.3) is 0 Å². The van der Waals surface area contributed by atoms with Gasteiger partial charge in [0.25, 0.3) is 10.1 Å². The van der Waals surface area contributed by atoms with Crippen molar-refractivity contribution in [1.82, 2.24) is 0 Å². The summed E-state index contributed by atoms with van der Waals surface area (Å²) >= 11 is 5.63. The van der Waals surface area contributed by atoms with E-state index in [2.05, 4.69) is 5.32 Å². The van der Waals surface area contributed by atoms with Crippen LogP contribution in [0.2, 0.25) is 5.02 Å². The molecule has 0 amide bonds. The number of nitrogens with two attached hydrogens (primary N) is 1. The van der Waals surface area contributed by atoms with Gasteiger partial charge in [-0.05, 0) is 24.3 Å². The molecule has 0 atom stereocenters. The molecule has 172 valence electrons. The van der Waals surface area contributed by atoms with Crippen molar-refractivity contribution in [3.05, 3.63) is 81.4 Å². The average molecular weight is 521 g/mol. The number of halogens is 4. The van der Waals surface area contributed by atoms with E-state index in [1.54, 1.807) is 0 Å². The molecule has 3 aromatic carbocycles. The van der Waals surface area contributed by atoms with Crippen molar-refractivity contribution in [2.45, 2.75) is 11.1 Å². The monoisotopic (exact) mass is 520 g/mol. The number of hydrogen-bond acceptors (Lipinski definition) is 6. The number of alkyl halides is 3. The van der Waals surface area contributed by atoms with Crippen molar-refractivity contribution >= 4 is 79.9 Å². The minimum absolute atomic E-state index is 0. The molecule has 0 radical (unpaired) electrons. The first-order valence-corrected chi connectivity index (χ1v) is 10.9. The van der Waals surface area contributed by atoms with Gasteiger partial charge in [-0.2, -0.15) is 21.6 Å². The maximum absolute atomic E-state index is 13.3. The predicted molar refractivity (Wildman–Crippen MR) is 121 cm³/mol. The summed E-state index contributed by atoms with van der Waals surface area (Å²) in [6.07, 6.45) is -4.79. The van der Waals surface area contributed by atoms with E-state index in [4.69, 9.17) is 17.3 Å². The van der Waals surface area contributed by atoms with Crippen LogP contribution in [0.15, 0.2) is 53.4 Å². The molecule has 1 aliphatic carbocycles. The molecular weight excluding hydrogens is 508 g/mol. The van der Waals surface area contributed by atoms with E-state index in [9.17, 15) is 35.7 Å². The second-order valence-electron chi connectivity index (χ2n) is 7.08. The number of benzene rings is 3. The SMILES string of the molecule is Nc1c(S(=O)(=O)O)cc(Nc2ccc(Cl)c(C(F)(F)F)c2)c2c1C(=O)c1ccccc1C2=O.[NaH]. The Morgan fingerprint density at radius 2 is 1.50 bits per heavy atom. The number of hydrogen-bond donors (Lipinski definition) is 3. The number of nitrogen functional groups attached to an aromatic ring is 1. The Kier molecular flexibility index (Phi) is 6.93. The number of carbonyl (C=O) groups is 2. The Hall–Kier alpha value is -2.41. The molecule has 4 N–H and O–H groups in total. The number of fused-ring (bicyclic) bond motifs is 2. The van der Waals surface area contributed by atoms with E-state index in [1.165, 1.54) is 24.3 Å². The van der Waals surface area contributed by atoms with Crippen molar-refractivity contribution in [3.63, 3.8) is 0 Å². The molecule has 0 saturated carbocycles. The average Bonchev–Trinajstić information content (AvgIpc) is 2.72. The van der Waals surface area contributed by atoms with Crippen LogP contribution >= 0.6 is 11.6 Å². The molecule has 34 heavy (non-hydrogen) atoms. The van der Waals surface area contributed by atoms with Crippen LogP contribution in [0.5, 0.6) is 0 Å². The van der Waals surface area contributed by atoms with Gasteiger partial charge < -0.3 is 11.1 Å². The van der Waals surface area contributed by atoms with E-state index >= 15 is 0 Å². The van der Waals surface area contributed by atoms with Crippen LogP contribution in [0, 0.1) is 0 Å². The summed E-state index contributed by atoms with van der Waals surface area (Å²) in [6, 6.07) is 9.28. The molecule has 0 bridgehead atoms. The molecule has 1 aliphatic rings. The first-order chi connectivity index (χ1) is 15.3. The van der Waals surface area contributed by atoms with Gasteiger partial charge in [0.1, 0.15) is 4.90 Å². The third-order valence-electron chi connectivity index (χ3n) is 5.03. The predicted octanol–water partition coefficient (Wildman–Crippen LogP) is 4.06. The Morgan fingerprint density at radius 1 is 0.941 bits per heavy atom. The molecule has 0 saturated heterocycles. The quantitative estimate of drug-likeness (QED) is 0.211.